The van der Waals surface area contributed by atoms with Crippen LogP contribution < -0.4 is 0 Å². The monoisotopic (exact) mass is 210 g/mol. The molecule has 4 nitrogen and oxygen atoms in total. The van der Waals surface area contributed by atoms with E-state index < -0.39 is 5.97 Å². The van der Waals surface area contributed by atoms with Gasteiger partial charge in [-0.15, -0.1) is 0 Å². The van der Waals surface area contributed by atoms with Crippen LogP contribution in [0.25, 0.3) is 0 Å². The molecule has 0 N–H and O–H groups in total. The molecule has 0 aliphatic rings. The fourth-order valence-corrected chi connectivity index (χ4v) is 1.49. The van der Waals surface area contributed by atoms with E-state index in [9.17, 15) is 9.59 Å². The van der Waals surface area contributed by atoms with Crippen molar-refractivity contribution in [3.05, 3.63) is 22.6 Å². The Kier molecular flexibility index (Phi) is 3.29. The van der Waals surface area contributed by atoms with Crippen LogP contribution in [0, 0.1) is 13.8 Å². The fraction of sp³-hybridized carbons (Fsp3) is 0.455. The Morgan fingerprint density at radius 2 is 1.93 bits per heavy atom. The van der Waals surface area contributed by atoms with Crippen molar-refractivity contribution in [1.82, 2.24) is 0 Å². The minimum Gasteiger partial charge on any atom is -0.462 e. The normalized spacial score (nSPS) is 10.1. The molecule has 0 spiro atoms. The first-order valence-electron chi connectivity index (χ1n) is 4.77. The van der Waals surface area contributed by atoms with Crippen molar-refractivity contribution in [2.24, 2.45) is 0 Å². The van der Waals surface area contributed by atoms with Crippen molar-refractivity contribution in [1.29, 1.82) is 0 Å². The second kappa shape index (κ2) is 4.29. The highest BCUT2D eigenvalue weighted by atomic mass is 16.5. The summed E-state index contributed by atoms with van der Waals surface area (Å²) in [5.74, 6) is 0.0293. The second-order valence-corrected chi connectivity index (χ2v) is 3.26. The Morgan fingerprint density at radius 3 is 2.33 bits per heavy atom. The fourth-order valence-electron chi connectivity index (χ4n) is 1.49. The molecule has 82 valence electrons. The van der Waals surface area contributed by atoms with Gasteiger partial charge in [-0.3, -0.25) is 4.79 Å². The van der Waals surface area contributed by atoms with E-state index in [0.29, 0.717) is 23.5 Å². The van der Waals surface area contributed by atoms with Crippen molar-refractivity contribution in [3.63, 3.8) is 0 Å². The van der Waals surface area contributed by atoms with Crippen molar-refractivity contribution in [3.8, 4) is 0 Å². The van der Waals surface area contributed by atoms with Gasteiger partial charge in [0.1, 0.15) is 11.3 Å². The molecular weight excluding hydrogens is 196 g/mol. The minimum absolute atomic E-state index is 0.189. The van der Waals surface area contributed by atoms with Gasteiger partial charge in [-0.05, 0) is 20.8 Å². The van der Waals surface area contributed by atoms with E-state index in [0.717, 1.165) is 0 Å². The molecule has 1 rings (SSSR count). The molecule has 0 aliphatic heterocycles. The van der Waals surface area contributed by atoms with Crippen LogP contribution in [0.2, 0.25) is 0 Å². The number of ether oxygens (including phenoxy) is 1. The number of rotatable bonds is 3. The number of aryl methyl sites for hydroxylation is 1. The van der Waals surface area contributed by atoms with E-state index in [2.05, 4.69) is 0 Å². The van der Waals surface area contributed by atoms with Crippen molar-refractivity contribution >= 4 is 11.8 Å². The maximum atomic E-state index is 11.5. The van der Waals surface area contributed by atoms with Gasteiger partial charge < -0.3 is 9.15 Å². The first kappa shape index (κ1) is 11.5. The summed E-state index contributed by atoms with van der Waals surface area (Å²) in [6.07, 6.45) is 0. The van der Waals surface area contributed by atoms with E-state index in [-0.39, 0.29) is 11.5 Å². The second-order valence-electron chi connectivity index (χ2n) is 3.26. The van der Waals surface area contributed by atoms with Crippen LogP contribution in [0.3, 0.4) is 0 Å². The van der Waals surface area contributed by atoms with E-state index in [1.165, 1.54) is 6.92 Å². The van der Waals surface area contributed by atoms with Crippen LogP contribution in [-0.2, 0) is 4.74 Å². The van der Waals surface area contributed by atoms with Gasteiger partial charge >= 0.3 is 5.97 Å². The Morgan fingerprint density at radius 1 is 1.33 bits per heavy atom. The van der Waals surface area contributed by atoms with Crippen molar-refractivity contribution < 1.29 is 18.7 Å². The standard InChI is InChI=1S/C11H14O4/c1-5-14-11(13)9-6(2)10(7(3)12)15-8(9)4/h5H2,1-4H3. The molecule has 0 unspecified atom stereocenters. The van der Waals surface area contributed by atoms with E-state index in [1.54, 1.807) is 20.8 Å². The highest BCUT2D eigenvalue weighted by Gasteiger charge is 2.23. The Bertz CT molecular complexity index is 401. The summed E-state index contributed by atoms with van der Waals surface area (Å²) in [5, 5.41) is 0. The third-order valence-electron chi connectivity index (χ3n) is 2.12. The van der Waals surface area contributed by atoms with Gasteiger partial charge in [0.15, 0.2) is 11.5 Å². The Labute approximate surface area is 88.2 Å². The SMILES string of the molecule is CCOC(=O)c1c(C)oc(C(C)=O)c1C. The van der Waals surface area contributed by atoms with Gasteiger partial charge in [0, 0.05) is 12.5 Å². The zero-order valence-corrected chi connectivity index (χ0v) is 9.34. The molecule has 0 amide bonds. The lowest BCUT2D eigenvalue weighted by Gasteiger charge is -2.00. The molecule has 0 saturated carbocycles. The number of carbonyl (C=O) groups is 2. The summed E-state index contributed by atoms with van der Waals surface area (Å²) < 4.78 is 10.1. The zero-order valence-electron chi connectivity index (χ0n) is 9.34. The van der Waals surface area contributed by atoms with Crippen LogP contribution in [0.4, 0.5) is 0 Å². The van der Waals surface area contributed by atoms with E-state index in [4.69, 9.17) is 9.15 Å². The van der Waals surface area contributed by atoms with E-state index >= 15 is 0 Å². The predicted molar refractivity (Wildman–Crippen MR) is 54.1 cm³/mol. The Balaban J connectivity index is 3.19. The molecule has 15 heavy (non-hydrogen) atoms. The molecular formula is C11H14O4. The number of hydrogen-bond donors (Lipinski definition) is 0. The summed E-state index contributed by atoms with van der Waals surface area (Å²) in [7, 11) is 0. The lowest BCUT2D eigenvalue weighted by molar-refractivity contribution is 0.0523. The van der Waals surface area contributed by atoms with Crippen LogP contribution in [0.1, 0.15) is 46.1 Å². The summed E-state index contributed by atoms with van der Waals surface area (Å²) >= 11 is 0. The minimum atomic E-state index is -0.441. The molecule has 0 radical (unpaired) electrons. The van der Waals surface area contributed by atoms with Gasteiger partial charge in [-0.2, -0.15) is 0 Å². The number of hydrogen-bond acceptors (Lipinski definition) is 4. The van der Waals surface area contributed by atoms with Gasteiger partial charge in [-0.1, -0.05) is 0 Å². The average molecular weight is 210 g/mol. The quantitative estimate of drug-likeness (QED) is 0.567. The molecule has 0 atom stereocenters. The van der Waals surface area contributed by atoms with Gasteiger partial charge in [-0.25, -0.2) is 4.79 Å². The average Bonchev–Trinajstić information content (AvgIpc) is 2.42. The number of Topliss-reactive ketones (excluding diaryl/α,β-unsaturated/α-hetero) is 1. The largest absolute Gasteiger partial charge is 0.462 e. The van der Waals surface area contributed by atoms with Crippen LogP contribution >= 0.6 is 0 Å². The lowest BCUT2D eigenvalue weighted by Crippen LogP contribution is -2.07. The van der Waals surface area contributed by atoms with Gasteiger partial charge in [0.25, 0.3) is 0 Å². The zero-order chi connectivity index (χ0) is 11.6. The van der Waals surface area contributed by atoms with Gasteiger partial charge in [0.2, 0.25) is 0 Å². The predicted octanol–water partition coefficient (Wildman–Crippen LogP) is 2.28. The maximum Gasteiger partial charge on any atom is 0.341 e. The maximum absolute atomic E-state index is 11.5. The van der Waals surface area contributed by atoms with Crippen molar-refractivity contribution in [2.75, 3.05) is 6.61 Å². The third-order valence-corrected chi connectivity index (χ3v) is 2.12. The summed E-state index contributed by atoms with van der Waals surface area (Å²) in [4.78, 5) is 22.7. The summed E-state index contributed by atoms with van der Waals surface area (Å²) in [6.45, 7) is 6.76. The summed E-state index contributed by atoms with van der Waals surface area (Å²) in [6, 6.07) is 0. The van der Waals surface area contributed by atoms with Gasteiger partial charge in [0.05, 0.1) is 6.61 Å². The third kappa shape index (κ3) is 2.09. The van der Waals surface area contributed by atoms with Crippen LogP contribution in [0.15, 0.2) is 4.42 Å². The molecule has 0 fully saturated rings. The Hall–Kier alpha value is -1.58. The highest BCUT2D eigenvalue weighted by molar-refractivity contribution is 5.99. The molecule has 1 heterocycles. The smallest absolute Gasteiger partial charge is 0.341 e. The van der Waals surface area contributed by atoms with Crippen molar-refractivity contribution in [2.45, 2.75) is 27.7 Å². The topological polar surface area (TPSA) is 56.5 Å². The molecule has 0 aliphatic carbocycles. The van der Waals surface area contributed by atoms with Crippen LogP contribution in [-0.4, -0.2) is 18.4 Å². The number of esters is 1. The van der Waals surface area contributed by atoms with Crippen LogP contribution in [0.5, 0.6) is 0 Å². The first-order chi connectivity index (χ1) is 6.99. The lowest BCUT2D eigenvalue weighted by atomic mass is 10.1. The molecule has 1 aromatic rings. The molecule has 0 aromatic carbocycles. The number of carbonyl (C=O) groups excluding carboxylic acids is 2. The number of furan rings is 1. The molecule has 0 bridgehead atoms. The molecule has 1 aromatic heterocycles. The molecule has 4 heteroatoms. The number of ketones is 1. The first-order valence-corrected chi connectivity index (χ1v) is 4.77. The van der Waals surface area contributed by atoms with E-state index in [1.807, 2.05) is 0 Å². The highest BCUT2D eigenvalue weighted by Crippen LogP contribution is 2.22. The molecule has 0 saturated heterocycles. The summed E-state index contributed by atoms with van der Waals surface area (Å²) in [5.41, 5.74) is 0.917.